The molecule has 2 aromatic carbocycles. The quantitative estimate of drug-likeness (QED) is 0.725. The van der Waals surface area contributed by atoms with Crippen molar-refractivity contribution in [1.82, 2.24) is 14.9 Å². The highest BCUT2D eigenvalue weighted by molar-refractivity contribution is 7.90. The zero-order chi connectivity index (χ0) is 21.7. The molecule has 0 radical (unpaired) electrons. The molecule has 0 bridgehead atoms. The average molecular weight is 439 g/mol. The topological polar surface area (TPSA) is 87.7 Å². The number of rotatable bonds is 6. The summed E-state index contributed by atoms with van der Waals surface area (Å²) in [6.45, 7) is 0.597. The first-order valence-corrected chi connectivity index (χ1v) is 11.0. The van der Waals surface area contributed by atoms with E-state index in [0.29, 0.717) is 24.9 Å². The van der Waals surface area contributed by atoms with Crippen molar-refractivity contribution >= 4 is 16.1 Å². The molecule has 2 amide bonds. The molecule has 0 spiro atoms. The monoisotopic (exact) mass is 439 g/mol. The van der Waals surface area contributed by atoms with Crippen LogP contribution in [0.25, 0.3) is 0 Å². The van der Waals surface area contributed by atoms with Gasteiger partial charge in [-0.25, -0.2) is 26.7 Å². The first kappa shape index (κ1) is 22.0. The van der Waals surface area contributed by atoms with Crippen molar-refractivity contribution in [1.29, 1.82) is 0 Å². The molecule has 162 valence electrons. The predicted molar refractivity (Wildman–Crippen MR) is 108 cm³/mol. The van der Waals surface area contributed by atoms with E-state index in [4.69, 9.17) is 4.74 Å². The van der Waals surface area contributed by atoms with E-state index in [9.17, 15) is 22.0 Å². The number of carbonyl (C=O) groups excluding carboxylic acids is 1. The molecule has 7 nitrogen and oxygen atoms in total. The number of sulfonamides is 1. The summed E-state index contributed by atoms with van der Waals surface area (Å²) < 4.78 is 59.5. The molecule has 1 heterocycles. The summed E-state index contributed by atoms with van der Waals surface area (Å²) in [5.74, 6) is -1.52. The van der Waals surface area contributed by atoms with Gasteiger partial charge in [0, 0.05) is 19.6 Å². The van der Waals surface area contributed by atoms with Crippen LogP contribution in [0.1, 0.15) is 18.4 Å². The SMILES string of the molecule is CNS(=O)(=O)C1CCCN(C(=O)NCc2ccc(Oc3ccccc3F)c(F)c2)C1. The van der Waals surface area contributed by atoms with Crippen LogP contribution in [0.4, 0.5) is 13.6 Å². The molecule has 30 heavy (non-hydrogen) atoms. The third kappa shape index (κ3) is 5.25. The number of hydrogen-bond acceptors (Lipinski definition) is 4. The number of amides is 2. The third-order valence-corrected chi connectivity index (χ3v) is 6.72. The van der Waals surface area contributed by atoms with Gasteiger partial charge in [-0.05, 0) is 49.7 Å². The maximum absolute atomic E-state index is 14.3. The number of nitrogens with one attached hydrogen (secondary N) is 2. The van der Waals surface area contributed by atoms with Crippen LogP contribution >= 0.6 is 0 Å². The minimum absolute atomic E-state index is 0.0513. The minimum Gasteiger partial charge on any atom is -0.451 e. The average Bonchev–Trinajstić information content (AvgIpc) is 2.75. The number of urea groups is 1. The van der Waals surface area contributed by atoms with Crippen molar-refractivity contribution in [2.24, 2.45) is 0 Å². The Balaban J connectivity index is 1.58. The van der Waals surface area contributed by atoms with Crippen molar-refractivity contribution in [3.8, 4) is 11.5 Å². The van der Waals surface area contributed by atoms with Gasteiger partial charge >= 0.3 is 6.03 Å². The molecule has 1 unspecified atom stereocenters. The smallest absolute Gasteiger partial charge is 0.317 e. The first-order chi connectivity index (χ1) is 14.3. The van der Waals surface area contributed by atoms with E-state index >= 15 is 0 Å². The zero-order valence-corrected chi connectivity index (χ0v) is 17.2. The number of para-hydroxylation sites is 1. The van der Waals surface area contributed by atoms with Gasteiger partial charge in [-0.15, -0.1) is 0 Å². The van der Waals surface area contributed by atoms with Crippen LogP contribution in [0, 0.1) is 11.6 Å². The van der Waals surface area contributed by atoms with Gasteiger partial charge < -0.3 is 15.0 Å². The Kier molecular flexibility index (Phi) is 6.88. The number of carbonyl (C=O) groups is 1. The molecule has 0 aliphatic carbocycles. The largest absolute Gasteiger partial charge is 0.451 e. The fourth-order valence-electron chi connectivity index (χ4n) is 3.22. The fraction of sp³-hybridized carbons (Fsp3) is 0.350. The Hall–Kier alpha value is -2.72. The van der Waals surface area contributed by atoms with Crippen molar-refractivity contribution in [3.05, 3.63) is 59.7 Å². The number of halogens is 2. The molecular formula is C20H23F2N3O4S. The Morgan fingerprint density at radius 3 is 2.60 bits per heavy atom. The van der Waals surface area contributed by atoms with Gasteiger partial charge in [0.25, 0.3) is 0 Å². The van der Waals surface area contributed by atoms with Gasteiger partial charge in [0.15, 0.2) is 23.1 Å². The highest BCUT2D eigenvalue weighted by Gasteiger charge is 2.31. The number of hydrogen-bond donors (Lipinski definition) is 2. The standard InChI is InChI=1S/C20H23F2N3O4S/c1-23-30(27,28)15-5-4-10-25(13-15)20(26)24-12-14-8-9-19(17(22)11-14)29-18-7-3-2-6-16(18)21/h2-3,6-9,11,15,23H,4-5,10,12-13H2,1H3,(H,24,26). The lowest BCUT2D eigenvalue weighted by Gasteiger charge is -2.32. The van der Waals surface area contributed by atoms with Crippen molar-refractivity contribution in [2.75, 3.05) is 20.1 Å². The normalized spacial score (nSPS) is 16.9. The number of piperidine rings is 1. The van der Waals surface area contributed by atoms with Crippen molar-refractivity contribution in [2.45, 2.75) is 24.6 Å². The Labute approximate surface area is 174 Å². The highest BCUT2D eigenvalue weighted by atomic mass is 32.2. The van der Waals surface area contributed by atoms with E-state index in [1.165, 1.54) is 42.3 Å². The van der Waals surface area contributed by atoms with E-state index in [-0.39, 0.29) is 24.6 Å². The van der Waals surface area contributed by atoms with E-state index < -0.39 is 32.9 Å². The summed E-state index contributed by atoms with van der Waals surface area (Å²) in [5, 5.41) is 2.01. The van der Waals surface area contributed by atoms with Crippen molar-refractivity contribution in [3.63, 3.8) is 0 Å². The summed E-state index contributed by atoms with van der Waals surface area (Å²) in [7, 11) is -2.11. The zero-order valence-electron chi connectivity index (χ0n) is 16.4. The lowest BCUT2D eigenvalue weighted by atomic mass is 10.1. The van der Waals surface area contributed by atoms with Gasteiger partial charge in [0.2, 0.25) is 10.0 Å². The number of benzene rings is 2. The molecule has 2 N–H and O–H groups in total. The fourth-order valence-corrected chi connectivity index (χ4v) is 4.40. The first-order valence-electron chi connectivity index (χ1n) is 9.46. The Morgan fingerprint density at radius 1 is 1.17 bits per heavy atom. The summed E-state index contributed by atoms with van der Waals surface area (Å²) in [6, 6.07) is 9.38. The number of nitrogens with zero attached hydrogens (tertiary/aromatic N) is 1. The van der Waals surface area contributed by atoms with Crippen LogP contribution in [0.5, 0.6) is 11.5 Å². The molecule has 2 aromatic rings. The van der Waals surface area contributed by atoms with Gasteiger partial charge in [0.1, 0.15) is 0 Å². The van der Waals surface area contributed by atoms with Gasteiger partial charge in [0.05, 0.1) is 5.25 Å². The summed E-state index contributed by atoms with van der Waals surface area (Å²) >= 11 is 0. The molecular weight excluding hydrogens is 416 g/mol. The van der Waals surface area contributed by atoms with E-state index in [1.807, 2.05) is 0 Å². The third-order valence-electron chi connectivity index (χ3n) is 4.89. The van der Waals surface area contributed by atoms with E-state index in [0.717, 1.165) is 0 Å². The lowest BCUT2D eigenvalue weighted by Crippen LogP contribution is -2.50. The predicted octanol–water partition coefficient (Wildman–Crippen LogP) is 2.98. The minimum atomic E-state index is -3.46. The highest BCUT2D eigenvalue weighted by Crippen LogP contribution is 2.27. The molecule has 3 rings (SSSR count). The second kappa shape index (κ2) is 9.40. The van der Waals surface area contributed by atoms with Crippen LogP contribution < -0.4 is 14.8 Å². The van der Waals surface area contributed by atoms with Crippen LogP contribution in [-0.2, 0) is 16.6 Å². The van der Waals surface area contributed by atoms with Crippen LogP contribution in [0.15, 0.2) is 42.5 Å². The summed E-state index contributed by atoms with van der Waals surface area (Å²) in [6.07, 6.45) is 1.07. The van der Waals surface area contributed by atoms with Gasteiger partial charge in [-0.3, -0.25) is 0 Å². The van der Waals surface area contributed by atoms with Gasteiger partial charge in [-0.2, -0.15) is 0 Å². The molecule has 10 heteroatoms. The second-order valence-electron chi connectivity index (χ2n) is 6.92. The van der Waals surface area contributed by atoms with E-state index in [1.54, 1.807) is 12.1 Å². The maximum atomic E-state index is 14.3. The molecule has 0 saturated carbocycles. The van der Waals surface area contributed by atoms with Crippen LogP contribution in [0.3, 0.4) is 0 Å². The molecule has 1 aliphatic rings. The number of ether oxygens (including phenoxy) is 1. The summed E-state index contributed by atoms with van der Waals surface area (Å²) in [5.41, 5.74) is 0.484. The molecule has 1 atom stereocenters. The maximum Gasteiger partial charge on any atom is 0.317 e. The molecule has 0 aromatic heterocycles. The van der Waals surface area contributed by atoms with Crippen molar-refractivity contribution < 1.29 is 26.7 Å². The van der Waals surface area contributed by atoms with Crippen LogP contribution in [0.2, 0.25) is 0 Å². The molecule has 1 fully saturated rings. The van der Waals surface area contributed by atoms with Gasteiger partial charge in [-0.1, -0.05) is 18.2 Å². The molecule has 1 saturated heterocycles. The Bertz CT molecular complexity index is 1020. The molecule has 1 aliphatic heterocycles. The Morgan fingerprint density at radius 2 is 1.90 bits per heavy atom. The second-order valence-corrected chi connectivity index (χ2v) is 9.08. The van der Waals surface area contributed by atoms with E-state index in [2.05, 4.69) is 10.0 Å². The van der Waals surface area contributed by atoms with Crippen LogP contribution in [-0.4, -0.2) is 44.7 Å². The summed E-state index contributed by atoms with van der Waals surface area (Å²) in [4.78, 5) is 13.8. The number of likely N-dealkylation sites (tertiary alicyclic amines) is 1. The lowest BCUT2D eigenvalue weighted by molar-refractivity contribution is 0.186.